The molecule has 1 atom stereocenters. The quantitative estimate of drug-likeness (QED) is 0.655. The van der Waals surface area contributed by atoms with Crippen LogP contribution in [0.5, 0.6) is 5.75 Å². The SMILES string of the molecule is CS(=O)(=O)N1C[C@H](C(=O)Nc2nnc(-c3ccccc3)s2)Oc2ccc(Cl)cc21. The van der Waals surface area contributed by atoms with Gasteiger partial charge in [0.1, 0.15) is 10.8 Å². The summed E-state index contributed by atoms with van der Waals surface area (Å²) in [4.78, 5) is 12.7. The first-order chi connectivity index (χ1) is 13.8. The molecule has 0 radical (unpaired) electrons. The van der Waals surface area contributed by atoms with Gasteiger partial charge in [-0.3, -0.25) is 14.4 Å². The van der Waals surface area contributed by atoms with Crippen LogP contribution in [0.2, 0.25) is 5.02 Å². The summed E-state index contributed by atoms with van der Waals surface area (Å²) in [7, 11) is -3.64. The standard InChI is InChI=1S/C18H15ClN4O4S2/c1-29(25,26)23-10-15(27-14-8-7-12(19)9-13(14)23)16(24)20-18-22-21-17(28-18)11-5-3-2-4-6-11/h2-9,15H,10H2,1H3,(H,20,22,24)/t15-/m1/s1. The van der Waals surface area contributed by atoms with E-state index >= 15 is 0 Å². The lowest BCUT2D eigenvalue weighted by Gasteiger charge is -2.33. The Labute approximate surface area is 176 Å². The molecule has 1 aromatic heterocycles. The summed E-state index contributed by atoms with van der Waals surface area (Å²) in [5.41, 5.74) is 1.18. The van der Waals surface area contributed by atoms with Gasteiger partial charge in [-0.25, -0.2) is 8.42 Å². The Morgan fingerprint density at radius 1 is 1.24 bits per heavy atom. The van der Waals surface area contributed by atoms with Gasteiger partial charge in [0.15, 0.2) is 6.10 Å². The third-order valence-corrected chi connectivity index (χ3v) is 6.43. The van der Waals surface area contributed by atoms with Crippen molar-refractivity contribution in [3.05, 3.63) is 53.6 Å². The van der Waals surface area contributed by atoms with Crippen molar-refractivity contribution in [1.29, 1.82) is 0 Å². The Bertz CT molecular complexity index is 1170. The minimum absolute atomic E-state index is 0.178. The number of carbonyl (C=O) groups excluding carboxylic acids is 1. The second-order valence-electron chi connectivity index (χ2n) is 6.28. The van der Waals surface area contributed by atoms with Crippen LogP contribution in [-0.2, 0) is 14.8 Å². The molecule has 1 amide bonds. The molecule has 0 aliphatic carbocycles. The summed E-state index contributed by atoms with van der Waals surface area (Å²) >= 11 is 7.19. The Kier molecular flexibility index (Phi) is 5.15. The normalized spacial score (nSPS) is 16.1. The number of nitrogens with one attached hydrogen (secondary N) is 1. The highest BCUT2D eigenvalue weighted by Gasteiger charge is 2.35. The summed E-state index contributed by atoms with van der Waals surface area (Å²) in [6.07, 6.45) is 0.0111. The summed E-state index contributed by atoms with van der Waals surface area (Å²) in [5, 5.41) is 12.0. The van der Waals surface area contributed by atoms with E-state index in [1.54, 1.807) is 6.07 Å². The number of benzene rings is 2. The molecule has 1 N–H and O–H groups in total. The van der Waals surface area contributed by atoms with E-state index in [1.807, 2.05) is 30.3 Å². The van der Waals surface area contributed by atoms with Gasteiger partial charge in [0.05, 0.1) is 18.5 Å². The monoisotopic (exact) mass is 450 g/mol. The van der Waals surface area contributed by atoms with Gasteiger partial charge in [-0.05, 0) is 18.2 Å². The Morgan fingerprint density at radius 3 is 2.72 bits per heavy atom. The first kappa shape index (κ1) is 19.6. The number of carbonyl (C=O) groups is 1. The topological polar surface area (TPSA) is 101 Å². The molecular weight excluding hydrogens is 436 g/mol. The van der Waals surface area contributed by atoms with Crippen LogP contribution in [-0.4, -0.2) is 43.4 Å². The van der Waals surface area contributed by atoms with Gasteiger partial charge in [-0.15, -0.1) is 10.2 Å². The maximum absolute atomic E-state index is 12.7. The van der Waals surface area contributed by atoms with Crippen molar-refractivity contribution in [3.8, 4) is 16.3 Å². The van der Waals surface area contributed by atoms with Crippen LogP contribution < -0.4 is 14.4 Å². The molecule has 2 aromatic carbocycles. The van der Waals surface area contributed by atoms with Crippen LogP contribution in [0.15, 0.2) is 48.5 Å². The number of fused-ring (bicyclic) bond motifs is 1. The van der Waals surface area contributed by atoms with Gasteiger partial charge in [-0.1, -0.05) is 53.3 Å². The van der Waals surface area contributed by atoms with Crippen molar-refractivity contribution in [3.63, 3.8) is 0 Å². The predicted molar refractivity (Wildman–Crippen MR) is 112 cm³/mol. The minimum atomic E-state index is -3.64. The van der Waals surface area contributed by atoms with Crippen LogP contribution in [0, 0.1) is 0 Å². The van der Waals surface area contributed by atoms with Gasteiger partial charge in [0.25, 0.3) is 5.91 Å². The average Bonchev–Trinajstić information content (AvgIpc) is 3.15. The van der Waals surface area contributed by atoms with Gasteiger partial charge < -0.3 is 4.74 Å². The number of amides is 1. The number of nitrogens with zero attached hydrogens (tertiary/aromatic N) is 3. The van der Waals surface area contributed by atoms with Gasteiger partial charge >= 0.3 is 0 Å². The van der Waals surface area contributed by atoms with Crippen molar-refractivity contribution in [2.75, 3.05) is 22.4 Å². The number of anilines is 2. The smallest absolute Gasteiger partial charge is 0.269 e. The largest absolute Gasteiger partial charge is 0.476 e. The van der Waals surface area contributed by atoms with Crippen molar-refractivity contribution in [1.82, 2.24) is 10.2 Å². The third kappa shape index (κ3) is 4.19. The fourth-order valence-corrected chi connectivity index (χ4v) is 4.66. The first-order valence-electron chi connectivity index (χ1n) is 8.45. The van der Waals surface area contributed by atoms with E-state index in [0.717, 1.165) is 16.1 Å². The van der Waals surface area contributed by atoms with Gasteiger partial charge in [0.2, 0.25) is 15.2 Å². The van der Waals surface area contributed by atoms with E-state index in [2.05, 4.69) is 15.5 Å². The molecule has 2 heterocycles. The lowest BCUT2D eigenvalue weighted by Crippen LogP contribution is -2.48. The van der Waals surface area contributed by atoms with Gasteiger partial charge in [-0.2, -0.15) is 0 Å². The zero-order chi connectivity index (χ0) is 20.6. The van der Waals surface area contributed by atoms with Crippen LogP contribution in [0.4, 0.5) is 10.8 Å². The summed E-state index contributed by atoms with van der Waals surface area (Å²) in [5.74, 6) is -0.261. The predicted octanol–water partition coefficient (Wildman–Crippen LogP) is 3.02. The Balaban J connectivity index is 1.55. The third-order valence-electron chi connectivity index (χ3n) is 4.16. The van der Waals surface area contributed by atoms with E-state index in [4.69, 9.17) is 16.3 Å². The van der Waals surface area contributed by atoms with E-state index in [-0.39, 0.29) is 12.3 Å². The molecule has 0 fully saturated rings. The minimum Gasteiger partial charge on any atom is -0.476 e. The highest BCUT2D eigenvalue weighted by Crippen LogP contribution is 2.37. The highest BCUT2D eigenvalue weighted by atomic mass is 35.5. The highest BCUT2D eigenvalue weighted by molar-refractivity contribution is 7.92. The molecule has 0 spiro atoms. The molecule has 8 nitrogen and oxygen atoms in total. The second-order valence-corrected chi connectivity index (χ2v) is 9.60. The maximum Gasteiger partial charge on any atom is 0.269 e. The van der Waals surface area contributed by atoms with Crippen molar-refractivity contribution < 1.29 is 17.9 Å². The zero-order valence-electron chi connectivity index (χ0n) is 15.1. The van der Waals surface area contributed by atoms with E-state index in [0.29, 0.717) is 20.8 Å². The van der Waals surface area contributed by atoms with Crippen LogP contribution in [0.25, 0.3) is 10.6 Å². The molecule has 0 saturated heterocycles. The Morgan fingerprint density at radius 2 is 2.00 bits per heavy atom. The molecule has 3 aromatic rings. The molecule has 4 rings (SSSR count). The number of aromatic nitrogens is 2. The van der Waals surface area contributed by atoms with E-state index in [1.165, 1.54) is 23.5 Å². The van der Waals surface area contributed by atoms with Crippen molar-refractivity contribution in [2.45, 2.75) is 6.10 Å². The molecular formula is C18H15ClN4O4S2. The van der Waals surface area contributed by atoms with Crippen molar-refractivity contribution in [2.24, 2.45) is 0 Å². The summed E-state index contributed by atoms with van der Waals surface area (Å²) < 4.78 is 31.3. The fraction of sp³-hybridized carbons (Fsp3) is 0.167. The lowest BCUT2D eigenvalue weighted by molar-refractivity contribution is -0.122. The summed E-state index contributed by atoms with van der Waals surface area (Å²) in [6.45, 7) is -0.178. The number of ether oxygens (including phenoxy) is 1. The first-order valence-corrected chi connectivity index (χ1v) is 11.5. The van der Waals surface area contributed by atoms with Crippen LogP contribution in [0.3, 0.4) is 0 Å². The summed E-state index contributed by atoms with van der Waals surface area (Å²) in [6, 6.07) is 14.0. The fourth-order valence-electron chi connectivity index (χ4n) is 2.83. The number of hydrogen-bond acceptors (Lipinski definition) is 7. The maximum atomic E-state index is 12.7. The molecule has 29 heavy (non-hydrogen) atoms. The molecule has 1 aliphatic rings. The molecule has 11 heteroatoms. The molecule has 0 saturated carbocycles. The number of hydrogen-bond donors (Lipinski definition) is 1. The lowest BCUT2D eigenvalue weighted by atomic mass is 10.2. The Hall–Kier alpha value is -2.69. The average molecular weight is 451 g/mol. The van der Waals surface area contributed by atoms with Crippen LogP contribution in [0.1, 0.15) is 0 Å². The van der Waals surface area contributed by atoms with Crippen LogP contribution >= 0.6 is 22.9 Å². The number of halogens is 1. The molecule has 0 bridgehead atoms. The molecule has 0 unspecified atom stereocenters. The zero-order valence-corrected chi connectivity index (χ0v) is 17.5. The number of rotatable bonds is 4. The van der Waals surface area contributed by atoms with Crippen molar-refractivity contribution >= 4 is 49.7 Å². The molecule has 1 aliphatic heterocycles. The molecule has 150 valence electrons. The number of sulfonamides is 1. The van der Waals surface area contributed by atoms with Gasteiger partial charge in [0, 0.05) is 10.6 Å². The van der Waals surface area contributed by atoms with E-state index in [9.17, 15) is 13.2 Å². The van der Waals surface area contributed by atoms with E-state index < -0.39 is 22.0 Å². The second kappa shape index (κ2) is 7.62.